The molecule has 34 heavy (non-hydrogen) atoms. The molecule has 1 amide bonds. The lowest BCUT2D eigenvalue weighted by atomic mass is 10.1. The summed E-state index contributed by atoms with van der Waals surface area (Å²) >= 11 is 1.01. The van der Waals surface area contributed by atoms with E-state index in [-0.39, 0.29) is 28.6 Å². The van der Waals surface area contributed by atoms with E-state index >= 15 is 0 Å². The molecule has 3 rings (SSSR count). The highest BCUT2D eigenvalue weighted by atomic mass is 32.1. The van der Waals surface area contributed by atoms with E-state index in [0.29, 0.717) is 18.2 Å². The van der Waals surface area contributed by atoms with Crippen molar-refractivity contribution < 1.29 is 37.3 Å². The van der Waals surface area contributed by atoms with Gasteiger partial charge in [-0.3, -0.25) is 10.1 Å². The van der Waals surface area contributed by atoms with Gasteiger partial charge in [0.2, 0.25) is 5.76 Å². The molecule has 0 saturated heterocycles. The van der Waals surface area contributed by atoms with Crippen molar-refractivity contribution in [2.45, 2.75) is 13.5 Å². The first kappa shape index (κ1) is 24.9. The third kappa shape index (κ3) is 5.61. The summed E-state index contributed by atoms with van der Waals surface area (Å²) in [6, 6.07) is 6.30. The Kier molecular flexibility index (Phi) is 8.03. The molecule has 2 aromatic carbocycles. The number of hydrogen-bond acceptors (Lipinski definition) is 6. The number of nitrogens with one attached hydrogen (secondary N) is 1. The van der Waals surface area contributed by atoms with E-state index in [4.69, 9.17) is 9.84 Å². The number of hydrogen-bond donors (Lipinski definition) is 2. The molecular formula is C23H19F3N2O5S. The highest BCUT2D eigenvalue weighted by molar-refractivity contribution is 7.14. The number of carbonyl (C=O) groups excluding carboxylic acids is 1. The molecule has 0 aliphatic rings. The minimum atomic E-state index is -1.51. The van der Waals surface area contributed by atoms with Crippen molar-refractivity contribution in [3.63, 3.8) is 0 Å². The van der Waals surface area contributed by atoms with Crippen LogP contribution in [0.4, 0.5) is 18.3 Å². The molecule has 7 nitrogen and oxygen atoms in total. The van der Waals surface area contributed by atoms with Crippen LogP contribution in [0.25, 0.3) is 17.3 Å². The van der Waals surface area contributed by atoms with E-state index in [1.807, 2.05) is 0 Å². The van der Waals surface area contributed by atoms with E-state index < -0.39 is 40.7 Å². The first-order valence-corrected chi connectivity index (χ1v) is 10.7. The molecule has 178 valence electrons. The van der Waals surface area contributed by atoms with Gasteiger partial charge < -0.3 is 14.6 Å². The van der Waals surface area contributed by atoms with Crippen molar-refractivity contribution in [1.29, 1.82) is 0 Å². The number of methoxy groups -OCH3 is 1. The van der Waals surface area contributed by atoms with Crippen molar-refractivity contribution in [3.8, 4) is 11.3 Å². The number of carboxylic acid groups (broad SMARTS) is 1. The maximum absolute atomic E-state index is 14.8. The Hall–Kier alpha value is -3.70. The van der Waals surface area contributed by atoms with Gasteiger partial charge in [0.25, 0.3) is 5.91 Å². The van der Waals surface area contributed by atoms with Crippen LogP contribution in [0.15, 0.2) is 41.5 Å². The first-order chi connectivity index (χ1) is 16.2. The average Bonchev–Trinajstić information content (AvgIpc) is 3.25. The summed E-state index contributed by atoms with van der Waals surface area (Å²) in [5, 5.41) is 13.0. The summed E-state index contributed by atoms with van der Waals surface area (Å²) in [7, 11) is 1.04. The molecule has 0 atom stereocenters. The van der Waals surface area contributed by atoms with E-state index in [0.717, 1.165) is 30.6 Å². The van der Waals surface area contributed by atoms with Crippen LogP contribution in [0.3, 0.4) is 0 Å². The maximum Gasteiger partial charge on any atom is 0.371 e. The van der Waals surface area contributed by atoms with Gasteiger partial charge in [-0.05, 0) is 25.1 Å². The molecule has 0 aliphatic heterocycles. The monoisotopic (exact) mass is 492 g/mol. The minimum Gasteiger partial charge on any atom is -0.490 e. The Bertz CT molecular complexity index is 1240. The summed E-state index contributed by atoms with van der Waals surface area (Å²) in [5.74, 6) is -5.86. The smallest absolute Gasteiger partial charge is 0.371 e. The van der Waals surface area contributed by atoms with Crippen LogP contribution < -0.4 is 5.32 Å². The van der Waals surface area contributed by atoms with Gasteiger partial charge in [-0.25, -0.2) is 22.9 Å². The number of ether oxygens (including phenoxy) is 2. The fraction of sp³-hybridized carbons (Fsp3) is 0.174. The lowest BCUT2D eigenvalue weighted by Crippen LogP contribution is -2.13. The largest absolute Gasteiger partial charge is 0.490 e. The third-order valence-corrected chi connectivity index (χ3v) is 5.35. The van der Waals surface area contributed by atoms with Gasteiger partial charge in [-0.15, -0.1) is 11.3 Å². The van der Waals surface area contributed by atoms with Crippen molar-refractivity contribution >= 4 is 34.4 Å². The molecule has 2 N–H and O–H groups in total. The number of rotatable bonds is 9. The molecule has 0 saturated carbocycles. The fourth-order valence-corrected chi connectivity index (χ4v) is 3.62. The van der Waals surface area contributed by atoms with E-state index in [1.165, 1.54) is 11.4 Å². The molecule has 3 aromatic rings. The molecule has 0 bridgehead atoms. The van der Waals surface area contributed by atoms with Gasteiger partial charge >= 0.3 is 5.97 Å². The van der Waals surface area contributed by atoms with E-state index in [2.05, 4.69) is 15.0 Å². The van der Waals surface area contributed by atoms with Crippen LogP contribution in [0, 0.1) is 17.5 Å². The zero-order valence-electron chi connectivity index (χ0n) is 18.0. The van der Waals surface area contributed by atoms with Crippen LogP contribution in [-0.2, 0) is 20.9 Å². The SMILES string of the molecule is CCOCc1cccc(-c2csc(NC(=O)c3cc(F)c(/C=C(/OC)C(=O)O)c(F)c3)n2)c1F. The van der Waals surface area contributed by atoms with E-state index in [1.54, 1.807) is 19.1 Å². The van der Waals surface area contributed by atoms with Crippen molar-refractivity contribution in [3.05, 3.63) is 75.6 Å². The predicted molar refractivity (Wildman–Crippen MR) is 120 cm³/mol. The number of nitrogens with zero attached hydrogens (tertiary/aromatic N) is 1. The van der Waals surface area contributed by atoms with Crippen LogP contribution >= 0.6 is 11.3 Å². The van der Waals surface area contributed by atoms with Gasteiger partial charge in [0.05, 0.1) is 19.4 Å². The fourth-order valence-electron chi connectivity index (χ4n) is 2.92. The minimum absolute atomic E-state index is 0.0898. The summed E-state index contributed by atoms with van der Waals surface area (Å²) in [6.45, 7) is 2.33. The highest BCUT2D eigenvalue weighted by Gasteiger charge is 2.19. The molecule has 1 heterocycles. The molecule has 0 radical (unpaired) electrons. The third-order valence-electron chi connectivity index (χ3n) is 4.59. The first-order valence-electron chi connectivity index (χ1n) is 9.85. The summed E-state index contributed by atoms with van der Waals surface area (Å²) < 4.78 is 53.4. The Morgan fingerprint density at radius 1 is 1.21 bits per heavy atom. The van der Waals surface area contributed by atoms with Crippen LogP contribution in [0.5, 0.6) is 0 Å². The predicted octanol–water partition coefficient (Wildman–Crippen LogP) is 5.09. The summed E-state index contributed by atoms with van der Waals surface area (Å²) in [5.41, 5.74) is -0.181. The number of amides is 1. The Labute approximate surface area is 196 Å². The number of carboxylic acids is 1. The second kappa shape index (κ2) is 10.9. The number of thiazole rings is 1. The molecule has 0 aliphatic carbocycles. The van der Waals surface area contributed by atoms with Gasteiger partial charge in [-0.2, -0.15) is 0 Å². The topological polar surface area (TPSA) is 97.8 Å². The lowest BCUT2D eigenvalue weighted by molar-refractivity contribution is -0.135. The highest BCUT2D eigenvalue weighted by Crippen LogP contribution is 2.29. The Balaban J connectivity index is 1.81. The molecule has 1 aromatic heterocycles. The van der Waals surface area contributed by atoms with Gasteiger partial charge in [-0.1, -0.05) is 12.1 Å². The van der Waals surface area contributed by atoms with Crippen molar-refractivity contribution in [2.24, 2.45) is 0 Å². The summed E-state index contributed by atoms with van der Waals surface area (Å²) in [6.07, 6.45) is 0.677. The second-order valence-electron chi connectivity index (χ2n) is 6.78. The van der Waals surface area contributed by atoms with Crippen LogP contribution in [0.2, 0.25) is 0 Å². The second-order valence-corrected chi connectivity index (χ2v) is 7.64. The lowest BCUT2D eigenvalue weighted by Gasteiger charge is -2.07. The van der Waals surface area contributed by atoms with Crippen molar-refractivity contribution in [2.75, 3.05) is 19.0 Å². The Morgan fingerprint density at radius 2 is 1.91 bits per heavy atom. The van der Waals surface area contributed by atoms with Crippen molar-refractivity contribution in [1.82, 2.24) is 4.98 Å². The number of halogens is 3. The quantitative estimate of drug-likeness (QED) is 0.319. The zero-order chi connectivity index (χ0) is 24.8. The zero-order valence-corrected chi connectivity index (χ0v) is 18.8. The number of aromatic nitrogens is 1. The molecular weight excluding hydrogens is 473 g/mol. The molecule has 11 heteroatoms. The Morgan fingerprint density at radius 3 is 2.53 bits per heavy atom. The summed E-state index contributed by atoms with van der Waals surface area (Å²) in [4.78, 5) is 27.7. The molecule has 0 fully saturated rings. The number of carbonyl (C=O) groups is 2. The maximum atomic E-state index is 14.8. The van der Waals surface area contributed by atoms with Gasteiger partial charge in [0.15, 0.2) is 5.13 Å². The normalized spacial score (nSPS) is 11.4. The number of aliphatic carboxylic acids is 1. The van der Waals surface area contributed by atoms with Crippen LogP contribution in [-0.4, -0.2) is 35.7 Å². The van der Waals surface area contributed by atoms with Gasteiger partial charge in [0.1, 0.15) is 17.5 Å². The molecule has 0 spiro atoms. The standard InChI is InChI=1S/C23H19F3N2O5S/c1-3-33-10-12-5-4-6-14(20(12)26)18-11-34-23(27-18)28-21(29)13-7-16(24)15(17(25)8-13)9-19(32-2)22(30)31/h4-9,11H,3,10H2,1-2H3,(H,30,31)(H,27,28,29)/b19-9+. The molecule has 0 unspecified atom stereocenters. The average molecular weight is 492 g/mol. The van der Waals surface area contributed by atoms with Crippen LogP contribution in [0.1, 0.15) is 28.4 Å². The van der Waals surface area contributed by atoms with Gasteiger partial charge in [0, 0.05) is 40.3 Å². The number of anilines is 1. The number of benzene rings is 2. The van der Waals surface area contributed by atoms with E-state index in [9.17, 15) is 22.8 Å².